The van der Waals surface area contributed by atoms with Crippen LogP contribution in [0.4, 0.5) is 5.69 Å². The second-order valence-electron chi connectivity index (χ2n) is 4.83. The molecule has 5 heteroatoms. The van der Waals surface area contributed by atoms with E-state index in [0.717, 1.165) is 25.8 Å². The van der Waals surface area contributed by atoms with Gasteiger partial charge in [0.05, 0.1) is 18.8 Å². The molecule has 0 bridgehead atoms. The Morgan fingerprint density at radius 1 is 1.47 bits per heavy atom. The summed E-state index contributed by atoms with van der Waals surface area (Å²) in [6, 6.07) is 5.13. The Morgan fingerprint density at radius 3 is 2.95 bits per heavy atom. The Bertz CT molecular complexity index is 465. The molecule has 0 spiro atoms. The molecule has 19 heavy (non-hydrogen) atoms. The second-order valence-corrected chi connectivity index (χ2v) is 5.26. The molecule has 0 saturated carbocycles. The number of likely N-dealkylation sites (N-methyl/N-ethyl adjacent to an activating group) is 1. The number of rotatable bonds is 3. The molecule has 104 valence electrons. The average Bonchev–Trinajstić information content (AvgIpc) is 2.39. The van der Waals surface area contributed by atoms with Gasteiger partial charge in [-0.3, -0.25) is 9.69 Å². The molecule has 0 radical (unpaired) electrons. The van der Waals surface area contributed by atoms with Crippen molar-refractivity contribution in [1.82, 2.24) is 4.90 Å². The number of hydrogen-bond donors (Lipinski definition) is 1. The van der Waals surface area contributed by atoms with Crippen LogP contribution in [0.15, 0.2) is 18.2 Å². The molecule has 1 aliphatic rings. The summed E-state index contributed by atoms with van der Waals surface area (Å²) in [5, 5.41) is 3.49. The van der Waals surface area contributed by atoms with Crippen LogP contribution in [0, 0.1) is 0 Å². The van der Waals surface area contributed by atoms with Crippen molar-refractivity contribution in [3.05, 3.63) is 23.2 Å². The highest BCUT2D eigenvalue weighted by molar-refractivity contribution is 6.31. The molecule has 0 aliphatic carbocycles. The van der Waals surface area contributed by atoms with Crippen LogP contribution >= 0.6 is 11.6 Å². The molecule has 1 N–H and O–H groups in total. The van der Waals surface area contributed by atoms with Crippen LogP contribution < -0.4 is 10.1 Å². The first-order valence-corrected chi connectivity index (χ1v) is 6.84. The largest absolute Gasteiger partial charge is 0.495 e. The van der Waals surface area contributed by atoms with Crippen molar-refractivity contribution in [1.29, 1.82) is 0 Å². The number of carbonyl (C=O) groups excluding carboxylic acids is 1. The summed E-state index contributed by atoms with van der Waals surface area (Å²) >= 11 is 5.95. The summed E-state index contributed by atoms with van der Waals surface area (Å²) in [6.07, 6.45) is 3.14. The fourth-order valence-corrected chi connectivity index (χ4v) is 2.57. The average molecular weight is 283 g/mol. The topological polar surface area (TPSA) is 41.6 Å². The minimum atomic E-state index is -0.0718. The molecule has 1 aliphatic heterocycles. The Morgan fingerprint density at radius 2 is 2.26 bits per heavy atom. The van der Waals surface area contributed by atoms with Gasteiger partial charge in [0.2, 0.25) is 5.91 Å². The number of nitrogens with one attached hydrogen (secondary N) is 1. The molecular weight excluding hydrogens is 264 g/mol. The standard InChI is InChI=1S/C14H19ClN2O2/c1-17-8-4-3-5-12(17)14(18)16-11-9-10(15)6-7-13(11)19-2/h6-7,9,12H,3-5,8H2,1-2H3,(H,16,18). The number of amides is 1. The van der Waals surface area contributed by atoms with Crippen LogP contribution in [-0.2, 0) is 4.79 Å². The van der Waals surface area contributed by atoms with Gasteiger partial charge in [-0.25, -0.2) is 0 Å². The highest BCUT2D eigenvalue weighted by Crippen LogP contribution is 2.28. The minimum absolute atomic E-state index is 0.00256. The Labute approximate surface area is 118 Å². The van der Waals surface area contributed by atoms with Crippen LogP contribution in [-0.4, -0.2) is 37.6 Å². The Balaban J connectivity index is 2.11. The fourth-order valence-electron chi connectivity index (χ4n) is 2.40. The van der Waals surface area contributed by atoms with E-state index in [4.69, 9.17) is 16.3 Å². The first kappa shape index (κ1) is 14.2. The maximum Gasteiger partial charge on any atom is 0.241 e. The van der Waals surface area contributed by atoms with E-state index in [0.29, 0.717) is 16.5 Å². The van der Waals surface area contributed by atoms with Crippen LogP contribution in [0.3, 0.4) is 0 Å². The maximum absolute atomic E-state index is 12.3. The van der Waals surface area contributed by atoms with Crippen molar-refractivity contribution in [2.75, 3.05) is 26.0 Å². The molecule has 2 rings (SSSR count). The normalized spacial score (nSPS) is 20.1. The number of hydrogen-bond acceptors (Lipinski definition) is 3. The molecule has 1 unspecified atom stereocenters. The summed E-state index contributed by atoms with van der Waals surface area (Å²) in [5.74, 6) is 0.624. The van der Waals surface area contributed by atoms with Gasteiger partial charge in [-0.2, -0.15) is 0 Å². The van der Waals surface area contributed by atoms with Crippen LogP contribution in [0.2, 0.25) is 5.02 Å². The van der Waals surface area contributed by atoms with Gasteiger partial charge < -0.3 is 10.1 Å². The number of carbonyl (C=O) groups is 1. The van der Waals surface area contributed by atoms with Gasteiger partial charge in [-0.05, 0) is 44.6 Å². The van der Waals surface area contributed by atoms with Gasteiger partial charge >= 0.3 is 0 Å². The zero-order valence-corrected chi connectivity index (χ0v) is 12.0. The van der Waals surface area contributed by atoms with E-state index in [1.54, 1.807) is 25.3 Å². The molecule has 1 saturated heterocycles. The third-order valence-electron chi connectivity index (χ3n) is 3.49. The first-order valence-electron chi connectivity index (χ1n) is 6.46. The summed E-state index contributed by atoms with van der Waals surface area (Å²) in [5.41, 5.74) is 0.624. The van der Waals surface area contributed by atoms with Gasteiger partial charge in [-0.1, -0.05) is 18.0 Å². The SMILES string of the molecule is COc1ccc(Cl)cc1NC(=O)C1CCCCN1C. The molecule has 1 aromatic rings. The van der Waals surface area contributed by atoms with E-state index >= 15 is 0 Å². The minimum Gasteiger partial charge on any atom is -0.495 e. The van der Waals surface area contributed by atoms with E-state index in [9.17, 15) is 4.79 Å². The maximum atomic E-state index is 12.3. The van der Waals surface area contributed by atoms with Gasteiger partial charge in [0.25, 0.3) is 0 Å². The highest BCUT2D eigenvalue weighted by atomic mass is 35.5. The molecule has 1 amide bonds. The predicted octanol–water partition coefficient (Wildman–Crippen LogP) is 2.77. The van der Waals surface area contributed by atoms with Gasteiger partial charge in [0, 0.05) is 5.02 Å². The summed E-state index contributed by atoms with van der Waals surface area (Å²) in [4.78, 5) is 14.4. The third-order valence-corrected chi connectivity index (χ3v) is 3.73. The Kier molecular flexibility index (Phi) is 4.66. The van der Waals surface area contributed by atoms with Crippen molar-refractivity contribution in [3.8, 4) is 5.75 Å². The molecular formula is C14H19ClN2O2. The number of benzene rings is 1. The van der Waals surface area contributed by atoms with Crippen molar-refractivity contribution < 1.29 is 9.53 Å². The van der Waals surface area contributed by atoms with E-state index < -0.39 is 0 Å². The number of anilines is 1. The number of nitrogens with zero attached hydrogens (tertiary/aromatic N) is 1. The lowest BCUT2D eigenvalue weighted by atomic mass is 10.0. The van der Waals surface area contributed by atoms with Gasteiger partial charge in [-0.15, -0.1) is 0 Å². The molecule has 1 atom stereocenters. The molecule has 4 nitrogen and oxygen atoms in total. The number of methoxy groups -OCH3 is 1. The van der Waals surface area contributed by atoms with Crippen LogP contribution in [0.5, 0.6) is 5.75 Å². The predicted molar refractivity (Wildman–Crippen MR) is 76.9 cm³/mol. The number of halogens is 1. The monoisotopic (exact) mass is 282 g/mol. The summed E-state index contributed by atoms with van der Waals surface area (Å²) in [7, 11) is 3.56. The summed E-state index contributed by atoms with van der Waals surface area (Å²) < 4.78 is 5.23. The molecule has 0 aromatic heterocycles. The first-order chi connectivity index (χ1) is 9.11. The zero-order valence-electron chi connectivity index (χ0n) is 11.3. The lowest BCUT2D eigenvalue weighted by Crippen LogP contribution is -2.44. The van der Waals surface area contributed by atoms with E-state index in [2.05, 4.69) is 10.2 Å². The second kappa shape index (κ2) is 6.26. The Hall–Kier alpha value is -1.26. The molecule has 1 heterocycles. The fraction of sp³-hybridized carbons (Fsp3) is 0.500. The van der Waals surface area contributed by atoms with Crippen molar-refractivity contribution >= 4 is 23.2 Å². The lowest BCUT2D eigenvalue weighted by molar-refractivity contribution is -0.121. The van der Waals surface area contributed by atoms with E-state index in [-0.39, 0.29) is 11.9 Å². The molecule has 1 aromatic carbocycles. The number of piperidine rings is 1. The lowest BCUT2D eigenvalue weighted by Gasteiger charge is -2.31. The highest BCUT2D eigenvalue weighted by Gasteiger charge is 2.26. The quantitative estimate of drug-likeness (QED) is 0.927. The molecule has 1 fully saturated rings. The van der Waals surface area contributed by atoms with Gasteiger partial charge in [0.15, 0.2) is 0 Å². The van der Waals surface area contributed by atoms with Crippen molar-refractivity contribution in [3.63, 3.8) is 0 Å². The van der Waals surface area contributed by atoms with Crippen LogP contribution in [0.25, 0.3) is 0 Å². The number of likely N-dealkylation sites (tertiary alicyclic amines) is 1. The van der Waals surface area contributed by atoms with Gasteiger partial charge in [0.1, 0.15) is 5.75 Å². The summed E-state index contributed by atoms with van der Waals surface area (Å²) in [6.45, 7) is 0.963. The van der Waals surface area contributed by atoms with Crippen LogP contribution in [0.1, 0.15) is 19.3 Å². The van der Waals surface area contributed by atoms with Crippen molar-refractivity contribution in [2.24, 2.45) is 0 Å². The van der Waals surface area contributed by atoms with E-state index in [1.807, 2.05) is 7.05 Å². The smallest absolute Gasteiger partial charge is 0.241 e. The van der Waals surface area contributed by atoms with E-state index in [1.165, 1.54) is 0 Å². The zero-order chi connectivity index (χ0) is 13.8. The van der Waals surface area contributed by atoms with Crippen molar-refractivity contribution in [2.45, 2.75) is 25.3 Å². The number of ether oxygens (including phenoxy) is 1. The third kappa shape index (κ3) is 3.39.